The Bertz CT molecular complexity index is 1230. The maximum atomic E-state index is 13.1. The fourth-order valence-electron chi connectivity index (χ4n) is 3.87. The zero-order chi connectivity index (χ0) is 23.1. The lowest BCUT2D eigenvalue weighted by Crippen LogP contribution is -2.41. The zero-order valence-electron chi connectivity index (χ0n) is 16.7. The number of nitrogens with one attached hydrogen (secondary N) is 3. The fraction of sp³-hybridized carbons (Fsp3) is 0.500. The topological polar surface area (TPSA) is 213 Å². The number of H-pyrrole nitrogens is 1. The predicted molar refractivity (Wildman–Crippen MR) is 110 cm³/mol. The second-order valence-corrected chi connectivity index (χ2v) is 10.8. The molecule has 3 heterocycles. The number of aliphatic hydroxyl groups is 1. The van der Waals surface area contributed by atoms with E-state index in [1.165, 1.54) is 11.0 Å². The van der Waals surface area contributed by atoms with Crippen molar-refractivity contribution in [2.24, 2.45) is 5.14 Å². The number of hydrogen-bond donors (Lipinski definition) is 5. The number of nitrogens with zero attached hydrogens (tertiary/aromatic N) is 4. The van der Waals surface area contributed by atoms with E-state index in [0.29, 0.717) is 19.5 Å². The molecule has 14 nitrogen and oxygen atoms in total. The molecule has 16 heteroatoms. The summed E-state index contributed by atoms with van der Waals surface area (Å²) >= 11 is 0. The van der Waals surface area contributed by atoms with E-state index in [-0.39, 0.29) is 36.5 Å². The van der Waals surface area contributed by atoms with Gasteiger partial charge in [-0.3, -0.25) is 4.79 Å². The van der Waals surface area contributed by atoms with Crippen LogP contribution in [0, 0.1) is 0 Å². The normalized spacial score (nSPS) is 22.4. The first-order valence-electron chi connectivity index (χ1n) is 9.73. The number of carbonyl (C=O) groups excluding carboxylic acids is 1. The number of primary sulfonamides is 1. The molecule has 4 rings (SSSR count). The number of aromatic nitrogens is 4. The summed E-state index contributed by atoms with van der Waals surface area (Å²) in [6, 6.07) is 1.96. The highest BCUT2D eigenvalue weighted by Crippen LogP contribution is 2.39. The van der Waals surface area contributed by atoms with E-state index in [0.717, 1.165) is 6.07 Å². The Hall–Kier alpha value is -2.50. The van der Waals surface area contributed by atoms with Gasteiger partial charge in [-0.1, -0.05) is 0 Å². The summed E-state index contributed by atoms with van der Waals surface area (Å²) in [5.41, 5.74) is -0.216. The number of sulfonamides is 2. The van der Waals surface area contributed by atoms with Crippen molar-refractivity contribution >= 4 is 31.6 Å². The van der Waals surface area contributed by atoms with Gasteiger partial charge in [0, 0.05) is 19.1 Å². The standard InChI is InChI=1S/C16H22N8O6S2/c17-31(27,28)15-12(32(29,30)21-9-3-5-18-8-9)2-1-11(14(15)16-19-22-23-20-16)24-6-4-10(25)7-13(24)26/h1-2,9-10,18,21,25H,3-8H2,(H2,17,27,28)(H,19,20,22,23)/t9-,10?/m1/s1. The summed E-state index contributed by atoms with van der Waals surface area (Å²) in [6.45, 7) is 1.09. The van der Waals surface area contributed by atoms with E-state index in [1.807, 2.05) is 0 Å². The molecule has 0 bridgehead atoms. The van der Waals surface area contributed by atoms with Crippen molar-refractivity contribution in [1.29, 1.82) is 0 Å². The molecule has 2 aliphatic rings. The summed E-state index contributed by atoms with van der Waals surface area (Å²) < 4.78 is 54.1. The molecular formula is C16H22N8O6S2. The van der Waals surface area contributed by atoms with E-state index in [9.17, 15) is 26.7 Å². The Morgan fingerprint density at radius 1 is 1.22 bits per heavy atom. The van der Waals surface area contributed by atoms with Gasteiger partial charge >= 0.3 is 0 Å². The third-order valence-electron chi connectivity index (χ3n) is 5.31. The van der Waals surface area contributed by atoms with Gasteiger partial charge in [0.2, 0.25) is 31.8 Å². The summed E-state index contributed by atoms with van der Waals surface area (Å²) in [5, 5.41) is 31.5. The predicted octanol–water partition coefficient (Wildman–Crippen LogP) is -2.36. The molecule has 0 radical (unpaired) electrons. The first-order valence-corrected chi connectivity index (χ1v) is 12.8. The second kappa shape index (κ2) is 8.45. The third-order valence-corrected chi connectivity index (χ3v) is 8.00. The molecule has 2 saturated heterocycles. The Kier molecular flexibility index (Phi) is 5.99. The Labute approximate surface area is 183 Å². The molecule has 32 heavy (non-hydrogen) atoms. The quantitative estimate of drug-likeness (QED) is 0.293. The minimum atomic E-state index is -4.64. The van der Waals surface area contributed by atoms with E-state index in [2.05, 4.69) is 30.7 Å². The molecule has 6 N–H and O–H groups in total. The van der Waals surface area contributed by atoms with Crippen LogP contribution in [0.3, 0.4) is 0 Å². The van der Waals surface area contributed by atoms with Crippen LogP contribution in [0.15, 0.2) is 21.9 Å². The molecule has 2 aromatic rings. The fourth-order valence-corrected chi connectivity index (χ4v) is 6.73. The molecule has 0 aliphatic carbocycles. The van der Waals surface area contributed by atoms with Crippen LogP contribution < -0.4 is 20.1 Å². The molecule has 1 aromatic heterocycles. The van der Waals surface area contributed by atoms with Crippen molar-refractivity contribution in [3.05, 3.63) is 12.1 Å². The number of benzene rings is 1. The van der Waals surface area contributed by atoms with Gasteiger partial charge in [0.25, 0.3) is 0 Å². The Morgan fingerprint density at radius 2 is 2.00 bits per heavy atom. The number of nitrogens with two attached hydrogens (primary N) is 1. The summed E-state index contributed by atoms with van der Waals surface area (Å²) in [6.07, 6.45) is -0.218. The molecule has 0 saturated carbocycles. The molecule has 2 fully saturated rings. The zero-order valence-corrected chi connectivity index (χ0v) is 18.4. The van der Waals surface area contributed by atoms with Crippen LogP contribution in [0.2, 0.25) is 0 Å². The van der Waals surface area contributed by atoms with E-state index in [1.54, 1.807) is 0 Å². The summed E-state index contributed by atoms with van der Waals surface area (Å²) in [4.78, 5) is 12.5. The Morgan fingerprint density at radius 3 is 2.59 bits per heavy atom. The van der Waals surface area contributed by atoms with E-state index in [4.69, 9.17) is 5.14 Å². The van der Waals surface area contributed by atoms with Crippen LogP contribution >= 0.6 is 0 Å². The average molecular weight is 487 g/mol. The number of carbonyl (C=O) groups is 1. The molecule has 1 unspecified atom stereocenters. The van der Waals surface area contributed by atoms with Crippen molar-refractivity contribution in [1.82, 2.24) is 30.7 Å². The molecule has 2 atom stereocenters. The van der Waals surface area contributed by atoms with Gasteiger partial charge < -0.3 is 15.3 Å². The highest BCUT2D eigenvalue weighted by atomic mass is 32.2. The summed E-state index contributed by atoms with van der Waals surface area (Å²) in [7, 11) is -8.96. The van der Waals surface area contributed by atoms with Crippen molar-refractivity contribution in [3.8, 4) is 11.4 Å². The van der Waals surface area contributed by atoms with Crippen LogP contribution in [-0.4, -0.2) is 80.3 Å². The van der Waals surface area contributed by atoms with Gasteiger partial charge in [0.1, 0.15) is 9.79 Å². The highest BCUT2D eigenvalue weighted by molar-refractivity contribution is 7.92. The molecular weight excluding hydrogens is 464 g/mol. The van der Waals surface area contributed by atoms with E-state index < -0.39 is 47.9 Å². The number of aromatic amines is 1. The molecule has 2 aliphatic heterocycles. The van der Waals surface area contributed by atoms with Crippen LogP contribution in [-0.2, 0) is 24.8 Å². The molecule has 0 spiro atoms. The first kappa shape index (κ1) is 22.7. The van der Waals surface area contributed by atoms with Crippen molar-refractivity contribution in [2.75, 3.05) is 24.5 Å². The minimum Gasteiger partial charge on any atom is -0.393 e. The summed E-state index contributed by atoms with van der Waals surface area (Å²) in [5.74, 6) is -0.720. The Balaban J connectivity index is 1.94. The third kappa shape index (κ3) is 4.37. The van der Waals surface area contributed by atoms with Gasteiger partial charge in [0.05, 0.1) is 23.8 Å². The van der Waals surface area contributed by atoms with Crippen LogP contribution in [0.4, 0.5) is 5.69 Å². The maximum Gasteiger partial charge on any atom is 0.242 e. The second-order valence-electron chi connectivity index (χ2n) is 7.57. The van der Waals surface area contributed by atoms with Crippen LogP contribution in [0.1, 0.15) is 19.3 Å². The van der Waals surface area contributed by atoms with Gasteiger partial charge in [-0.15, -0.1) is 10.2 Å². The van der Waals surface area contributed by atoms with Gasteiger partial charge in [-0.2, -0.15) is 5.21 Å². The molecule has 1 aromatic carbocycles. The lowest BCUT2D eigenvalue weighted by atomic mass is 10.0. The van der Waals surface area contributed by atoms with Gasteiger partial charge in [0.15, 0.2) is 0 Å². The molecule has 174 valence electrons. The lowest BCUT2D eigenvalue weighted by Gasteiger charge is -2.31. The number of aliphatic hydroxyl groups excluding tert-OH is 1. The number of piperidine rings is 1. The van der Waals surface area contributed by atoms with Crippen LogP contribution in [0.25, 0.3) is 11.4 Å². The van der Waals surface area contributed by atoms with Crippen LogP contribution in [0.5, 0.6) is 0 Å². The van der Waals surface area contributed by atoms with Crippen molar-refractivity contribution in [2.45, 2.75) is 41.2 Å². The van der Waals surface area contributed by atoms with Crippen molar-refractivity contribution < 1.29 is 26.7 Å². The smallest absolute Gasteiger partial charge is 0.242 e. The molecule has 1 amide bonds. The highest BCUT2D eigenvalue weighted by Gasteiger charge is 2.36. The van der Waals surface area contributed by atoms with Crippen molar-refractivity contribution in [3.63, 3.8) is 0 Å². The minimum absolute atomic E-state index is 0.0498. The number of rotatable bonds is 6. The van der Waals surface area contributed by atoms with E-state index >= 15 is 0 Å². The monoisotopic (exact) mass is 486 g/mol. The van der Waals surface area contributed by atoms with Gasteiger partial charge in [-0.25, -0.2) is 26.7 Å². The number of amides is 1. The first-order chi connectivity index (χ1) is 15.1. The number of hydrogen-bond acceptors (Lipinski definition) is 10. The maximum absolute atomic E-state index is 13.1. The average Bonchev–Trinajstić information content (AvgIpc) is 3.40. The number of anilines is 1. The lowest BCUT2D eigenvalue weighted by molar-refractivity contribution is -0.122. The largest absolute Gasteiger partial charge is 0.393 e. The number of tetrazole rings is 1. The van der Waals surface area contributed by atoms with Gasteiger partial charge in [-0.05, 0) is 36.7 Å². The SMILES string of the molecule is NS(=O)(=O)c1c(S(=O)(=O)N[C@@H]2CCNC2)ccc(N2CCC(O)CC2=O)c1-c1nn[nH]n1.